The highest BCUT2D eigenvalue weighted by Gasteiger charge is 2.44. The van der Waals surface area contributed by atoms with Gasteiger partial charge in [-0.15, -0.1) is 12.4 Å². The largest absolute Gasteiger partial charge is 0.354 e. The molecule has 4 heteroatoms. The number of hydrogen-bond donors (Lipinski definition) is 2. The summed E-state index contributed by atoms with van der Waals surface area (Å²) >= 11 is 0. The van der Waals surface area contributed by atoms with E-state index in [-0.39, 0.29) is 29.3 Å². The highest BCUT2D eigenvalue weighted by Crippen LogP contribution is 2.44. The quantitative estimate of drug-likeness (QED) is 0.807. The predicted molar refractivity (Wildman–Crippen MR) is 94.2 cm³/mol. The van der Waals surface area contributed by atoms with Crippen molar-refractivity contribution in [2.24, 2.45) is 11.1 Å². The molecular weight excluding hydrogens is 296 g/mol. The zero-order chi connectivity index (χ0) is 15.3. The molecule has 1 aromatic carbocycles. The molecular formula is C18H29ClN2O. The molecule has 124 valence electrons. The Labute approximate surface area is 140 Å². The number of amides is 1. The maximum atomic E-state index is 12.7. The Bertz CT molecular complexity index is 467. The van der Waals surface area contributed by atoms with Gasteiger partial charge in [0.25, 0.3) is 0 Å². The van der Waals surface area contributed by atoms with E-state index in [2.05, 4.69) is 31.3 Å². The van der Waals surface area contributed by atoms with Crippen LogP contribution < -0.4 is 11.1 Å². The van der Waals surface area contributed by atoms with Crippen LogP contribution in [0.5, 0.6) is 0 Å². The fourth-order valence-electron chi connectivity index (χ4n) is 3.02. The smallest absolute Gasteiger partial charge is 0.226 e. The van der Waals surface area contributed by atoms with E-state index in [1.165, 1.54) is 5.56 Å². The molecule has 0 heterocycles. The summed E-state index contributed by atoms with van der Waals surface area (Å²) in [6.07, 6.45) is 5.74. The Morgan fingerprint density at radius 3 is 2.27 bits per heavy atom. The summed E-state index contributed by atoms with van der Waals surface area (Å²) in [5.41, 5.74) is 7.06. The van der Waals surface area contributed by atoms with Crippen LogP contribution in [0, 0.1) is 5.41 Å². The molecule has 22 heavy (non-hydrogen) atoms. The summed E-state index contributed by atoms with van der Waals surface area (Å²) in [7, 11) is 0. The van der Waals surface area contributed by atoms with E-state index < -0.39 is 0 Å². The molecule has 1 aliphatic rings. The van der Waals surface area contributed by atoms with Crippen LogP contribution >= 0.6 is 12.4 Å². The molecule has 2 rings (SSSR count). The topological polar surface area (TPSA) is 55.1 Å². The minimum absolute atomic E-state index is 0. The molecule has 1 aliphatic carbocycles. The van der Waals surface area contributed by atoms with Crippen molar-refractivity contribution >= 4 is 18.3 Å². The first-order valence-electron chi connectivity index (χ1n) is 8.15. The molecule has 0 aromatic heterocycles. The lowest BCUT2D eigenvalue weighted by Crippen LogP contribution is -2.54. The monoisotopic (exact) mass is 324 g/mol. The van der Waals surface area contributed by atoms with Crippen LogP contribution in [0.2, 0.25) is 0 Å². The number of carbonyl (C=O) groups excluding carboxylic acids is 1. The molecule has 1 aromatic rings. The molecule has 0 aliphatic heterocycles. The number of rotatable bonds is 7. The van der Waals surface area contributed by atoms with E-state index in [1.54, 1.807) is 0 Å². The fraction of sp³-hybridized carbons (Fsp3) is 0.611. The molecule has 0 radical (unpaired) electrons. The van der Waals surface area contributed by atoms with Crippen LogP contribution in [0.25, 0.3) is 0 Å². The van der Waals surface area contributed by atoms with Crippen molar-refractivity contribution < 1.29 is 4.79 Å². The van der Waals surface area contributed by atoms with Gasteiger partial charge in [0.1, 0.15) is 0 Å². The molecule has 1 amide bonds. The van der Waals surface area contributed by atoms with Gasteiger partial charge in [-0.25, -0.2) is 0 Å². The summed E-state index contributed by atoms with van der Waals surface area (Å²) in [6, 6.07) is 10.3. The first kappa shape index (κ1) is 19.0. The lowest BCUT2D eigenvalue weighted by molar-refractivity contribution is -0.136. The molecule has 3 nitrogen and oxygen atoms in total. The van der Waals surface area contributed by atoms with E-state index in [0.717, 1.165) is 38.5 Å². The van der Waals surface area contributed by atoms with Gasteiger partial charge in [0.2, 0.25) is 5.91 Å². The zero-order valence-electron chi connectivity index (χ0n) is 13.7. The number of halogens is 1. The van der Waals surface area contributed by atoms with Crippen LogP contribution in [-0.2, 0) is 11.2 Å². The van der Waals surface area contributed by atoms with Crippen molar-refractivity contribution in [3.8, 4) is 0 Å². The Morgan fingerprint density at radius 2 is 1.82 bits per heavy atom. The van der Waals surface area contributed by atoms with Crippen LogP contribution in [0.3, 0.4) is 0 Å². The third-order valence-electron chi connectivity index (χ3n) is 5.19. The Hall–Kier alpha value is -1.06. The minimum Gasteiger partial charge on any atom is -0.354 e. The normalized spacial score (nSPS) is 16.3. The summed E-state index contributed by atoms with van der Waals surface area (Å²) in [6.45, 7) is 4.74. The summed E-state index contributed by atoms with van der Waals surface area (Å²) < 4.78 is 0. The van der Waals surface area contributed by atoms with Gasteiger partial charge in [-0.1, -0.05) is 50.6 Å². The third kappa shape index (κ3) is 4.23. The molecule has 0 spiro atoms. The summed E-state index contributed by atoms with van der Waals surface area (Å²) in [5.74, 6) is 0.189. The maximum Gasteiger partial charge on any atom is 0.226 e. The van der Waals surface area contributed by atoms with E-state index >= 15 is 0 Å². The second kappa shape index (κ2) is 7.98. The standard InChI is InChI=1S/C18H28N2O.ClH/c1-3-18(19,4-2)14-20-16(21)17(11-8-12-17)13-15-9-6-5-7-10-15;/h5-7,9-10H,3-4,8,11-14,19H2,1-2H3,(H,20,21);1H. The highest BCUT2D eigenvalue weighted by atomic mass is 35.5. The van der Waals surface area contributed by atoms with E-state index in [0.29, 0.717) is 6.54 Å². The van der Waals surface area contributed by atoms with E-state index in [1.807, 2.05) is 18.2 Å². The zero-order valence-corrected chi connectivity index (χ0v) is 14.5. The van der Waals surface area contributed by atoms with Gasteiger partial charge in [-0.3, -0.25) is 4.79 Å². The van der Waals surface area contributed by atoms with Crippen LogP contribution in [-0.4, -0.2) is 18.0 Å². The van der Waals surface area contributed by atoms with Gasteiger partial charge >= 0.3 is 0 Å². The Balaban J connectivity index is 0.00000242. The van der Waals surface area contributed by atoms with Gasteiger partial charge in [0, 0.05) is 12.1 Å². The van der Waals surface area contributed by atoms with Crippen molar-refractivity contribution in [1.29, 1.82) is 0 Å². The number of nitrogens with one attached hydrogen (secondary N) is 1. The summed E-state index contributed by atoms with van der Waals surface area (Å²) in [5, 5.41) is 3.12. The van der Waals surface area contributed by atoms with Crippen molar-refractivity contribution in [3.05, 3.63) is 35.9 Å². The van der Waals surface area contributed by atoms with E-state index in [9.17, 15) is 4.79 Å². The molecule has 1 fully saturated rings. The lowest BCUT2D eigenvalue weighted by Gasteiger charge is -2.41. The molecule has 1 saturated carbocycles. The number of hydrogen-bond acceptors (Lipinski definition) is 2. The van der Waals surface area contributed by atoms with Gasteiger partial charge in [-0.2, -0.15) is 0 Å². The highest BCUT2D eigenvalue weighted by molar-refractivity contribution is 5.85. The number of carbonyl (C=O) groups is 1. The van der Waals surface area contributed by atoms with Gasteiger partial charge in [-0.05, 0) is 37.7 Å². The third-order valence-corrected chi connectivity index (χ3v) is 5.19. The average Bonchev–Trinajstić information content (AvgIpc) is 2.49. The lowest BCUT2D eigenvalue weighted by atomic mass is 9.64. The first-order chi connectivity index (χ1) is 10.0. The van der Waals surface area contributed by atoms with E-state index in [4.69, 9.17) is 5.73 Å². The van der Waals surface area contributed by atoms with Gasteiger partial charge < -0.3 is 11.1 Å². The molecule has 0 saturated heterocycles. The molecule has 0 atom stereocenters. The minimum atomic E-state index is -0.270. The van der Waals surface area contributed by atoms with Crippen molar-refractivity contribution in [1.82, 2.24) is 5.32 Å². The number of nitrogens with two attached hydrogens (primary N) is 1. The molecule has 0 bridgehead atoms. The van der Waals surface area contributed by atoms with Crippen LogP contribution in [0.4, 0.5) is 0 Å². The van der Waals surface area contributed by atoms with Crippen LogP contribution in [0.15, 0.2) is 30.3 Å². The van der Waals surface area contributed by atoms with Gasteiger partial charge in [0.15, 0.2) is 0 Å². The Kier molecular flexibility index (Phi) is 6.89. The average molecular weight is 325 g/mol. The molecule has 3 N–H and O–H groups in total. The van der Waals surface area contributed by atoms with Crippen molar-refractivity contribution in [3.63, 3.8) is 0 Å². The fourth-order valence-corrected chi connectivity index (χ4v) is 3.02. The maximum absolute atomic E-state index is 12.7. The van der Waals surface area contributed by atoms with Crippen molar-refractivity contribution in [2.75, 3.05) is 6.54 Å². The first-order valence-corrected chi connectivity index (χ1v) is 8.15. The molecule has 0 unspecified atom stereocenters. The second-order valence-electron chi connectivity index (χ2n) is 6.55. The SMILES string of the molecule is CCC(N)(CC)CNC(=O)C1(Cc2ccccc2)CCC1.Cl. The second-order valence-corrected chi connectivity index (χ2v) is 6.55. The summed E-state index contributed by atoms with van der Waals surface area (Å²) in [4.78, 5) is 12.7. The Morgan fingerprint density at radius 1 is 1.23 bits per heavy atom. The predicted octanol–water partition coefficient (Wildman–Crippen LogP) is 3.45. The van der Waals surface area contributed by atoms with Gasteiger partial charge in [0.05, 0.1) is 5.41 Å². The van der Waals surface area contributed by atoms with Crippen molar-refractivity contribution in [2.45, 2.75) is 57.9 Å². The number of benzene rings is 1. The van der Waals surface area contributed by atoms with Crippen LogP contribution in [0.1, 0.15) is 51.5 Å².